The summed E-state index contributed by atoms with van der Waals surface area (Å²) in [5.41, 5.74) is 7.37. The molecule has 0 bridgehead atoms. The molecule has 1 aromatic rings. The largest absolute Gasteiger partial charge is 0.397 e. The Labute approximate surface area is 114 Å². The van der Waals surface area contributed by atoms with Crippen molar-refractivity contribution in [2.24, 2.45) is 0 Å². The molecule has 1 aliphatic heterocycles. The fraction of sp³-hybridized carbons (Fsp3) is 0.500. The van der Waals surface area contributed by atoms with E-state index >= 15 is 0 Å². The van der Waals surface area contributed by atoms with Gasteiger partial charge in [0.05, 0.1) is 27.7 Å². The van der Waals surface area contributed by atoms with Crippen LogP contribution in [-0.2, 0) is 4.74 Å². The summed E-state index contributed by atoms with van der Waals surface area (Å²) in [6.45, 7) is 4.30. The average molecular weight is 350 g/mol. The molecule has 17 heavy (non-hydrogen) atoms. The Hall–Kier alpha value is -0.560. The fourth-order valence-corrected chi connectivity index (χ4v) is 2.50. The van der Waals surface area contributed by atoms with Crippen LogP contribution in [0.15, 0.2) is 12.1 Å². The minimum Gasteiger partial charge on any atom is -0.397 e. The number of hydrogen-bond acceptors (Lipinski definition) is 3. The second kappa shape index (κ2) is 5.39. The van der Waals surface area contributed by atoms with E-state index in [0.717, 1.165) is 25.2 Å². The number of nitrogens with two attached hydrogens (primary N) is 1. The first kappa shape index (κ1) is 12.9. The summed E-state index contributed by atoms with van der Waals surface area (Å²) in [4.78, 5) is 2.10. The van der Waals surface area contributed by atoms with Gasteiger partial charge in [-0.05, 0) is 35.1 Å². The number of nitrogens with zero attached hydrogens (tertiary/aromatic N) is 1. The summed E-state index contributed by atoms with van der Waals surface area (Å²) in [6, 6.07) is 3.21. The summed E-state index contributed by atoms with van der Waals surface area (Å²) >= 11 is 1.95. The van der Waals surface area contributed by atoms with Crippen LogP contribution in [0.25, 0.3) is 0 Å². The monoisotopic (exact) mass is 350 g/mol. The molecule has 1 atom stereocenters. The molecule has 1 unspecified atom stereocenters. The van der Waals surface area contributed by atoms with Gasteiger partial charge in [0.1, 0.15) is 5.82 Å². The zero-order chi connectivity index (χ0) is 12.4. The molecular formula is C12H16FIN2O. The molecule has 2 rings (SSSR count). The minimum absolute atomic E-state index is 0.213. The van der Waals surface area contributed by atoms with E-state index in [4.69, 9.17) is 10.5 Å². The number of benzene rings is 1. The molecule has 0 amide bonds. The van der Waals surface area contributed by atoms with Gasteiger partial charge in [0.2, 0.25) is 0 Å². The summed E-state index contributed by atoms with van der Waals surface area (Å²) in [5.74, 6) is -0.214. The van der Waals surface area contributed by atoms with E-state index in [2.05, 4.69) is 11.8 Å². The van der Waals surface area contributed by atoms with Gasteiger partial charge in [-0.3, -0.25) is 0 Å². The average Bonchev–Trinajstić information content (AvgIpc) is 2.34. The molecule has 5 heteroatoms. The van der Waals surface area contributed by atoms with Crippen LogP contribution in [0.3, 0.4) is 0 Å². The molecule has 1 saturated heterocycles. The molecular weight excluding hydrogens is 334 g/mol. The first-order valence-corrected chi connectivity index (χ1v) is 6.80. The van der Waals surface area contributed by atoms with E-state index in [1.165, 1.54) is 6.07 Å². The number of halogens is 2. The van der Waals surface area contributed by atoms with Gasteiger partial charge in [-0.1, -0.05) is 6.92 Å². The second-order valence-corrected chi connectivity index (χ2v) is 5.33. The van der Waals surface area contributed by atoms with Crippen molar-refractivity contribution in [3.63, 3.8) is 0 Å². The van der Waals surface area contributed by atoms with E-state index in [1.807, 2.05) is 22.6 Å². The first-order valence-electron chi connectivity index (χ1n) is 5.73. The van der Waals surface area contributed by atoms with Gasteiger partial charge in [0.25, 0.3) is 0 Å². The smallest absolute Gasteiger partial charge is 0.138 e. The van der Waals surface area contributed by atoms with Crippen molar-refractivity contribution in [2.45, 2.75) is 19.4 Å². The Bertz CT molecular complexity index is 414. The van der Waals surface area contributed by atoms with E-state index < -0.39 is 0 Å². The standard InChI is InChI=1S/C12H16FIN2O/c1-2-8-7-16(3-4-17-8)12-5-9(13)10(14)6-11(12)15/h5-6,8H,2-4,7,15H2,1H3. The molecule has 94 valence electrons. The van der Waals surface area contributed by atoms with Crippen molar-refractivity contribution >= 4 is 34.0 Å². The predicted octanol–water partition coefficient (Wildman–Crippen LogP) is 2.63. The number of rotatable bonds is 2. The maximum atomic E-state index is 13.6. The van der Waals surface area contributed by atoms with Crippen molar-refractivity contribution in [1.29, 1.82) is 0 Å². The normalized spacial score (nSPS) is 20.6. The van der Waals surface area contributed by atoms with Crippen molar-refractivity contribution in [2.75, 3.05) is 30.3 Å². The first-order chi connectivity index (χ1) is 8.11. The van der Waals surface area contributed by atoms with Crippen LogP contribution >= 0.6 is 22.6 Å². The highest BCUT2D eigenvalue weighted by Crippen LogP contribution is 2.29. The molecule has 0 aromatic heterocycles. The van der Waals surface area contributed by atoms with Gasteiger partial charge < -0.3 is 15.4 Å². The van der Waals surface area contributed by atoms with E-state index in [-0.39, 0.29) is 11.9 Å². The number of anilines is 2. The molecule has 1 aromatic carbocycles. The van der Waals surface area contributed by atoms with E-state index in [1.54, 1.807) is 6.07 Å². The Kier molecular flexibility index (Phi) is 4.09. The summed E-state index contributed by atoms with van der Waals surface area (Å²) in [7, 11) is 0. The third-order valence-electron chi connectivity index (χ3n) is 3.00. The van der Waals surface area contributed by atoms with Crippen LogP contribution in [0.2, 0.25) is 0 Å². The molecule has 0 aliphatic carbocycles. The lowest BCUT2D eigenvalue weighted by molar-refractivity contribution is 0.0384. The van der Waals surface area contributed by atoms with Crippen molar-refractivity contribution in [1.82, 2.24) is 0 Å². The highest BCUT2D eigenvalue weighted by Gasteiger charge is 2.21. The molecule has 1 fully saturated rings. The molecule has 2 N–H and O–H groups in total. The maximum Gasteiger partial charge on any atom is 0.138 e. The van der Waals surface area contributed by atoms with Crippen molar-refractivity contribution in [3.05, 3.63) is 21.5 Å². The molecule has 1 aliphatic rings. The lowest BCUT2D eigenvalue weighted by Crippen LogP contribution is -2.42. The number of nitrogen functional groups attached to an aromatic ring is 1. The van der Waals surface area contributed by atoms with Gasteiger partial charge in [-0.2, -0.15) is 0 Å². The molecule has 1 heterocycles. The minimum atomic E-state index is -0.214. The molecule has 0 spiro atoms. The van der Waals surface area contributed by atoms with Gasteiger partial charge in [0.15, 0.2) is 0 Å². The van der Waals surface area contributed by atoms with Crippen LogP contribution in [0.5, 0.6) is 0 Å². The van der Waals surface area contributed by atoms with Gasteiger partial charge in [-0.15, -0.1) is 0 Å². The number of hydrogen-bond donors (Lipinski definition) is 1. The van der Waals surface area contributed by atoms with Crippen LogP contribution < -0.4 is 10.6 Å². The Morgan fingerprint density at radius 2 is 2.35 bits per heavy atom. The zero-order valence-corrected chi connectivity index (χ0v) is 11.9. The van der Waals surface area contributed by atoms with Crippen molar-refractivity contribution < 1.29 is 9.13 Å². The molecule has 0 radical (unpaired) electrons. The topological polar surface area (TPSA) is 38.5 Å². The summed E-state index contributed by atoms with van der Waals surface area (Å²) in [5, 5.41) is 0. The highest BCUT2D eigenvalue weighted by atomic mass is 127. The summed E-state index contributed by atoms with van der Waals surface area (Å²) < 4.78 is 19.7. The zero-order valence-electron chi connectivity index (χ0n) is 9.75. The molecule has 3 nitrogen and oxygen atoms in total. The fourth-order valence-electron chi connectivity index (χ4n) is 2.01. The second-order valence-electron chi connectivity index (χ2n) is 4.17. The van der Waals surface area contributed by atoms with Gasteiger partial charge in [0, 0.05) is 19.2 Å². The molecule has 0 saturated carbocycles. The van der Waals surface area contributed by atoms with Crippen LogP contribution in [-0.4, -0.2) is 25.8 Å². The van der Waals surface area contributed by atoms with Gasteiger partial charge >= 0.3 is 0 Å². The number of ether oxygens (including phenoxy) is 1. The van der Waals surface area contributed by atoms with E-state index in [9.17, 15) is 4.39 Å². The van der Waals surface area contributed by atoms with Crippen LogP contribution in [0.1, 0.15) is 13.3 Å². The third kappa shape index (κ3) is 2.82. The van der Waals surface area contributed by atoms with Gasteiger partial charge in [-0.25, -0.2) is 4.39 Å². The maximum absolute atomic E-state index is 13.6. The lowest BCUT2D eigenvalue weighted by Gasteiger charge is -2.34. The quantitative estimate of drug-likeness (QED) is 0.658. The predicted molar refractivity (Wildman–Crippen MR) is 75.8 cm³/mol. The number of morpholine rings is 1. The Morgan fingerprint density at radius 1 is 1.59 bits per heavy atom. The summed E-state index contributed by atoms with van der Waals surface area (Å²) in [6.07, 6.45) is 1.17. The van der Waals surface area contributed by atoms with Crippen LogP contribution in [0, 0.1) is 9.39 Å². The lowest BCUT2D eigenvalue weighted by atomic mass is 10.2. The SMILES string of the molecule is CCC1CN(c2cc(F)c(I)cc2N)CCO1. The van der Waals surface area contributed by atoms with Crippen molar-refractivity contribution in [3.8, 4) is 0 Å². The van der Waals surface area contributed by atoms with Crippen LogP contribution in [0.4, 0.5) is 15.8 Å². The Balaban J connectivity index is 2.24. The van der Waals surface area contributed by atoms with E-state index in [0.29, 0.717) is 15.9 Å². The third-order valence-corrected chi connectivity index (χ3v) is 3.83. The Morgan fingerprint density at radius 3 is 3.06 bits per heavy atom. The highest BCUT2D eigenvalue weighted by molar-refractivity contribution is 14.1.